The Morgan fingerprint density at radius 1 is 1.19 bits per heavy atom. The summed E-state index contributed by atoms with van der Waals surface area (Å²) < 4.78 is 5.08. The van der Waals surface area contributed by atoms with Crippen LogP contribution < -0.4 is 4.74 Å². The standard InChI is InChI=1S/C18H25N3O6/c1-3-4-5-6-15(19-12-18(13-19,20(23)24)21(25)26)11-17(22)14-7-9-16(27-2)10-8-14/h7-10,15H,3-6,11-13H2,1-2H3/t15-/m1/s1. The van der Waals surface area contributed by atoms with E-state index in [1.54, 1.807) is 36.3 Å². The fourth-order valence-corrected chi connectivity index (χ4v) is 3.31. The van der Waals surface area contributed by atoms with E-state index in [9.17, 15) is 25.0 Å². The first-order valence-corrected chi connectivity index (χ1v) is 9.04. The quantitative estimate of drug-likeness (QED) is 0.191. The Morgan fingerprint density at radius 3 is 2.26 bits per heavy atom. The Morgan fingerprint density at radius 2 is 1.78 bits per heavy atom. The summed E-state index contributed by atoms with van der Waals surface area (Å²) in [7, 11) is 1.54. The number of rotatable bonds is 11. The molecule has 9 heteroatoms. The van der Waals surface area contributed by atoms with Crippen molar-refractivity contribution in [2.24, 2.45) is 0 Å². The van der Waals surface area contributed by atoms with Gasteiger partial charge < -0.3 is 4.74 Å². The first kappa shape index (κ1) is 20.8. The number of likely N-dealkylation sites (tertiary alicyclic amines) is 1. The second-order valence-corrected chi connectivity index (χ2v) is 6.91. The number of ether oxygens (including phenoxy) is 1. The van der Waals surface area contributed by atoms with Gasteiger partial charge in [-0.3, -0.25) is 29.9 Å². The number of nitro groups is 2. The Balaban J connectivity index is 2.07. The van der Waals surface area contributed by atoms with Crippen LogP contribution in [0.1, 0.15) is 49.4 Å². The predicted molar refractivity (Wildman–Crippen MR) is 98.2 cm³/mol. The maximum Gasteiger partial charge on any atom is 0.482 e. The molecule has 0 spiro atoms. The van der Waals surface area contributed by atoms with Gasteiger partial charge in [0, 0.05) is 18.0 Å². The lowest BCUT2D eigenvalue weighted by molar-refractivity contribution is -0.811. The Labute approximate surface area is 157 Å². The fourth-order valence-electron chi connectivity index (χ4n) is 3.31. The third kappa shape index (κ3) is 4.60. The molecule has 9 nitrogen and oxygen atoms in total. The normalized spacial score (nSPS) is 17.0. The van der Waals surface area contributed by atoms with Gasteiger partial charge in [-0.25, -0.2) is 0 Å². The van der Waals surface area contributed by atoms with Gasteiger partial charge in [-0.05, 0) is 30.7 Å². The summed E-state index contributed by atoms with van der Waals surface area (Å²) in [6.07, 6.45) is 3.73. The Kier molecular flexibility index (Phi) is 6.84. The summed E-state index contributed by atoms with van der Waals surface area (Å²) in [6.45, 7) is 1.53. The third-order valence-corrected chi connectivity index (χ3v) is 5.08. The lowest BCUT2D eigenvalue weighted by Gasteiger charge is -2.41. The van der Waals surface area contributed by atoms with Crippen LogP contribution in [0.15, 0.2) is 24.3 Å². The SMILES string of the molecule is CCCCC[C@H](CC(=O)c1ccc(OC)cc1)N1CC([N+](=O)[O-])([N+](=O)[O-])C1. The monoisotopic (exact) mass is 379 g/mol. The third-order valence-electron chi connectivity index (χ3n) is 5.08. The molecule has 0 aliphatic carbocycles. The van der Waals surface area contributed by atoms with Gasteiger partial charge in [0.05, 0.1) is 7.11 Å². The van der Waals surface area contributed by atoms with Crippen LogP contribution >= 0.6 is 0 Å². The summed E-state index contributed by atoms with van der Waals surface area (Å²) in [5.41, 5.74) is -1.61. The van der Waals surface area contributed by atoms with Crippen molar-refractivity contribution in [3.63, 3.8) is 0 Å². The number of methoxy groups -OCH3 is 1. The molecule has 2 rings (SSSR count). The molecule has 0 radical (unpaired) electrons. The number of Topliss-reactive ketones (excluding diaryl/α,β-unsaturated/α-hetero) is 1. The van der Waals surface area contributed by atoms with Crippen LogP contribution in [0.25, 0.3) is 0 Å². The van der Waals surface area contributed by atoms with E-state index in [1.807, 2.05) is 0 Å². The van der Waals surface area contributed by atoms with E-state index in [1.165, 1.54) is 0 Å². The van der Waals surface area contributed by atoms with Crippen molar-refractivity contribution >= 4 is 5.78 Å². The molecule has 0 N–H and O–H groups in total. The van der Waals surface area contributed by atoms with Crippen molar-refractivity contribution in [3.05, 3.63) is 50.1 Å². The molecule has 27 heavy (non-hydrogen) atoms. The molecule has 0 unspecified atom stereocenters. The van der Waals surface area contributed by atoms with Gasteiger partial charge in [-0.1, -0.05) is 26.2 Å². The zero-order valence-electron chi connectivity index (χ0n) is 15.6. The van der Waals surface area contributed by atoms with E-state index >= 15 is 0 Å². The number of carbonyl (C=O) groups is 1. The minimum absolute atomic E-state index is 0.0844. The number of unbranched alkanes of at least 4 members (excludes halogenated alkanes) is 2. The van der Waals surface area contributed by atoms with Crippen molar-refractivity contribution in [3.8, 4) is 5.75 Å². The number of hydrogen-bond donors (Lipinski definition) is 0. The molecule has 1 atom stereocenters. The summed E-state index contributed by atoms with van der Waals surface area (Å²) in [5.74, 6) is 0.564. The molecule has 0 bridgehead atoms. The second kappa shape index (κ2) is 8.90. The van der Waals surface area contributed by atoms with Crippen LogP contribution in [0.3, 0.4) is 0 Å². The predicted octanol–water partition coefficient (Wildman–Crippen LogP) is 2.78. The maximum atomic E-state index is 12.6. The fraction of sp³-hybridized carbons (Fsp3) is 0.611. The van der Waals surface area contributed by atoms with Crippen LogP contribution in [0, 0.1) is 20.2 Å². The zero-order chi connectivity index (χ0) is 20.0. The van der Waals surface area contributed by atoms with E-state index in [2.05, 4.69) is 6.92 Å². The molecule has 1 saturated heterocycles. The molecule has 0 aromatic heterocycles. The molecular formula is C18H25N3O6. The van der Waals surface area contributed by atoms with Crippen LogP contribution in [0.5, 0.6) is 5.75 Å². The Bertz CT molecular complexity index is 669. The maximum absolute atomic E-state index is 12.6. The van der Waals surface area contributed by atoms with Crippen molar-refractivity contribution < 1.29 is 19.4 Å². The highest BCUT2D eigenvalue weighted by atomic mass is 16.7. The molecule has 1 fully saturated rings. The lowest BCUT2D eigenvalue weighted by Crippen LogP contribution is -2.72. The highest BCUT2D eigenvalue weighted by molar-refractivity contribution is 5.96. The van der Waals surface area contributed by atoms with Crippen molar-refractivity contribution in [1.82, 2.24) is 4.90 Å². The summed E-state index contributed by atoms with van der Waals surface area (Å²) in [6, 6.07) is 6.53. The van der Waals surface area contributed by atoms with Gasteiger partial charge in [0.1, 0.15) is 28.7 Å². The number of nitrogens with zero attached hydrogens (tertiary/aromatic N) is 3. The molecule has 1 aliphatic heterocycles. The van der Waals surface area contributed by atoms with Crippen LogP contribution in [0.2, 0.25) is 0 Å². The molecule has 1 aromatic carbocycles. The van der Waals surface area contributed by atoms with E-state index in [0.717, 1.165) is 19.3 Å². The van der Waals surface area contributed by atoms with Gasteiger partial charge >= 0.3 is 5.66 Å². The molecular weight excluding hydrogens is 354 g/mol. The first-order valence-electron chi connectivity index (χ1n) is 9.04. The van der Waals surface area contributed by atoms with E-state index in [4.69, 9.17) is 4.74 Å². The highest BCUT2D eigenvalue weighted by Crippen LogP contribution is 2.30. The summed E-state index contributed by atoms with van der Waals surface area (Å²) >= 11 is 0. The van der Waals surface area contributed by atoms with Gasteiger partial charge in [0.25, 0.3) is 0 Å². The van der Waals surface area contributed by atoms with E-state index < -0.39 is 15.5 Å². The van der Waals surface area contributed by atoms with Gasteiger partial charge in [-0.15, -0.1) is 0 Å². The summed E-state index contributed by atoms with van der Waals surface area (Å²) in [5, 5.41) is 22.3. The second-order valence-electron chi connectivity index (χ2n) is 6.91. The number of hydrogen-bond acceptors (Lipinski definition) is 7. The highest BCUT2D eigenvalue weighted by Gasteiger charge is 2.67. The zero-order valence-corrected chi connectivity index (χ0v) is 15.6. The van der Waals surface area contributed by atoms with Crippen molar-refractivity contribution in [2.75, 3.05) is 20.2 Å². The number of ketones is 1. The van der Waals surface area contributed by atoms with Crippen LogP contribution in [-0.2, 0) is 0 Å². The number of carbonyl (C=O) groups excluding carboxylic acids is 1. The largest absolute Gasteiger partial charge is 0.497 e. The van der Waals surface area contributed by atoms with Crippen LogP contribution in [-0.4, -0.2) is 52.4 Å². The Hall–Kier alpha value is -2.55. The summed E-state index contributed by atoms with van der Waals surface area (Å²) in [4.78, 5) is 35.0. The van der Waals surface area contributed by atoms with Gasteiger partial charge in [-0.2, -0.15) is 0 Å². The van der Waals surface area contributed by atoms with Crippen LogP contribution in [0.4, 0.5) is 0 Å². The van der Waals surface area contributed by atoms with Gasteiger partial charge in [0.15, 0.2) is 5.78 Å². The first-order chi connectivity index (χ1) is 12.8. The molecule has 1 heterocycles. The molecule has 148 valence electrons. The molecule has 1 aromatic rings. The topological polar surface area (TPSA) is 116 Å². The average molecular weight is 379 g/mol. The van der Waals surface area contributed by atoms with Gasteiger partial charge in [0.2, 0.25) is 0 Å². The molecule has 0 saturated carbocycles. The van der Waals surface area contributed by atoms with E-state index in [-0.39, 0.29) is 31.3 Å². The van der Waals surface area contributed by atoms with Crippen molar-refractivity contribution in [2.45, 2.75) is 50.7 Å². The minimum Gasteiger partial charge on any atom is -0.497 e. The number of benzene rings is 1. The molecule has 1 aliphatic rings. The average Bonchev–Trinajstić information content (AvgIpc) is 2.60. The minimum atomic E-state index is -2.15. The van der Waals surface area contributed by atoms with E-state index in [0.29, 0.717) is 17.7 Å². The molecule has 0 amide bonds. The smallest absolute Gasteiger partial charge is 0.482 e. The van der Waals surface area contributed by atoms with Crippen molar-refractivity contribution in [1.29, 1.82) is 0 Å². The lowest BCUT2D eigenvalue weighted by atomic mass is 9.92.